The fraction of sp³-hybridized carbons (Fsp3) is 0.286. The zero-order chi connectivity index (χ0) is 12.1. The molecule has 0 radical (unpaired) electrons. The van der Waals surface area contributed by atoms with Gasteiger partial charge in [-0.25, -0.2) is 0 Å². The normalized spacial score (nSPS) is 14.5. The van der Waals surface area contributed by atoms with E-state index in [4.69, 9.17) is 10.2 Å². The molecule has 1 aromatic carbocycles. The molecule has 1 unspecified atom stereocenters. The van der Waals surface area contributed by atoms with Gasteiger partial charge in [-0.2, -0.15) is 0 Å². The summed E-state index contributed by atoms with van der Waals surface area (Å²) in [5.41, 5.74) is 7.05. The third kappa shape index (κ3) is 3.19. The molecule has 0 aliphatic rings. The Morgan fingerprint density at radius 3 is 2.59 bits per heavy atom. The van der Waals surface area contributed by atoms with Crippen molar-refractivity contribution < 1.29 is 4.42 Å². The lowest BCUT2D eigenvalue weighted by molar-refractivity contribution is 0.418. The summed E-state index contributed by atoms with van der Waals surface area (Å²) in [6.07, 6.45) is 1.68. The Morgan fingerprint density at radius 2 is 1.94 bits per heavy atom. The summed E-state index contributed by atoms with van der Waals surface area (Å²) in [4.78, 5) is 0. The van der Waals surface area contributed by atoms with E-state index in [0.717, 1.165) is 11.3 Å². The van der Waals surface area contributed by atoms with Gasteiger partial charge in [0.2, 0.25) is 0 Å². The van der Waals surface area contributed by atoms with Crippen LogP contribution in [-0.4, -0.2) is 6.54 Å². The lowest BCUT2D eigenvalue weighted by Gasteiger charge is -2.25. The van der Waals surface area contributed by atoms with Gasteiger partial charge in [-0.1, -0.05) is 30.3 Å². The van der Waals surface area contributed by atoms with Crippen LogP contribution in [0.5, 0.6) is 0 Å². The molecule has 3 nitrogen and oxygen atoms in total. The molecule has 1 heterocycles. The van der Waals surface area contributed by atoms with E-state index < -0.39 is 0 Å². The minimum atomic E-state index is -0.367. The van der Waals surface area contributed by atoms with Crippen molar-refractivity contribution in [3.05, 3.63) is 60.1 Å². The van der Waals surface area contributed by atoms with Gasteiger partial charge in [0.15, 0.2) is 0 Å². The summed E-state index contributed by atoms with van der Waals surface area (Å²) in [6, 6.07) is 13.9. The van der Waals surface area contributed by atoms with Crippen molar-refractivity contribution in [2.75, 3.05) is 6.54 Å². The van der Waals surface area contributed by atoms with E-state index in [1.165, 1.54) is 0 Å². The Balaban J connectivity index is 1.90. The van der Waals surface area contributed by atoms with Crippen LogP contribution in [0.1, 0.15) is 18.2 Å². The Morgan fingerprint density at radius 1 is 1.18 bits per heavy atom. The van der Waals surface area contributed by atoms with E-state index in [-0.39, 0.29) is 5.54 Å². The first-order valence-electron chi connectivity index (χ1n) is 5.76. The summed E-state index contributed by atoms with van der Waals surface area (Å²) in [7, 11) is 0. The quantitative estimate of drug-likeness (QED) is 0.828. The molecule has 90 valence electrons. The molecule has 17 heavy (non-hydrogen) atoms. The first kappa shape index (κ1) is 11.9. The van der Waals surface area contributed by atoms with Gasteiger partial charge in [0.05, 0.1) is 18.3 Å². The molecular formula is C14H18N2O. The summed E-state index contributed by atoms with van der Waals surface area (Å²) in [5.74, 6) is 0.925. The first-order chi connectivity index (χ1) is 8.18. The van der Waals surface area contributed by atoms with E-state index in [2.05, 4.69) is 17.4 Å². The number of hydrogen-bond acceptors (Lipinski definition) is 3. The van der Waals surface area contributed by atoms with Gasteiger partial charge in [-0.3, -0.25) is 0 Å². The summed E-state index contributed by atoms with van der Waals surface area (Å²) < 4.78 is 5.25. The van der Waals surface area contributed by atoms with E-state index in [9.17, 15) is 0 Å². The highest BCUT2D eigenvalue weighted by Gasteiger charge is 2.20. The molecule has 2 rings (SSSR count). The predicted molar refractivity (Wildman–Crippen MR) is 68.4 cm³/mol. The maximum absolute atomic E-state index is 6.28. The topological polar surface area (TPSA) is 51.2 Å². The minimum absolute atomic E-state index is 0.367. The average Bonchev–Trinajstić information content (AvgIpc) is 2.83. The molecule has 3 heteroatoms. The van der Waals surface area contributed by atoms with E-state index in [1.807, 2.05) is 37.3 Å². The van der Waals surface area contributed by atoms with E-state index >= 15 is 0 Å². The zero-order valence-corrected chi connectivity index (χ0v) is 10.0. The Hall–Kier alpha value is -1.58. The third-order valence-corrected chi connectivity index (χ3v) is 2.80. The van der Waals surface area contributed by atoms with Crippen LogP contribution < -0.4 is 11.1 Å². The van der Waals surface area contributed by atoms with Gasteiger partial charge in [-0.15, -0.1) is 0 Å². The zero-order valence-electron chi connectivity index (χ0n) is 10.0. The Labute approximate surface area is 102 Å². The van der Waals surface area contributed by atoms with Crippen molar-refractivity contribution in [1.29, 1.82) is 0 Å². The van der Waals surface area contributed by atoms with Gasteiger partial charge in [-0.05, 0) is 24.6 Å². The molecule has 1 atom stereocenters. The fourth-order valence-corrected chi connectivity index (χ4v) is 1.78. The summed E-state index contributed by atoms with van der Waals surface area (Å²) in [5, 5.41) is 3.31. The lowest BCUT2D eigenvalue weighted by Crippen LogP contribution is -2.43. The van der Waals surface area contributed by atoms with Gasteiger partial charge in [0, 0.05) is 6.54 Å². The minimum Gasteiger partial charge on any atom is -0.468 e. The van der Waals surface area contributed by atoms with Crippen molar-refractivity contribution in [2.45, 2.75) is 19.0 Å². The molecule has 3 N–H and O–H groups in total. The van der Waals surface area contributed by atoms with Crippen molar-refractivity contribution in [2.24, 2.45) is 5.73 Å². The van der Waals surface area contributed by atoms with Gasteiger partial charge in [0.25, 0.3) is 0 Å². The van der Waals surface area contributed by atoms with Crippen LogP contribution in [0.3, 0.4) is 0 Å². The Bertz CT molecular complexity index is 435. The first-order valence-corrected chi connectivity index (χ1v) is 5.76. The molecule has 0 saturated heterocycles. The molecule has 0 spiro atoms. The highest BCUT2D eigenvalue weighted by atomic mass is 16.3. The number of furan rings is 1. The summed E-state index contributed by atoms with van der Waals surface area (Å²) in [6.45, 7) is 3.43. The van der Waals surface area contributed by atoms with Crippen LogP contribution >= 0.6 is 0 Å². The van der Waals surface area contributed by atoms with E-state index in [0.29, 0.717) is 13.1 Å². The van der Waals surface area contributed by atoms with Crippen LogP contribution in [-0.2, 0) is 12.1 Å². The number of rotatable bonds is 5. The third-order valence-electron chi connectivity index (χ3n) is 2.80. The second kappa shape index (κ2) is 5.17. The standard InChI is InChI=1S/C14H18N2O/c1-14(15,12-6-3-2-4-7-12)11-16-10-13-8-5-9-17-13/h2-9,16H,10-11,15H2,1H3. The van der Waals surface area contributed by atoms with Crippen molar-refractivity contribution >= 4 is 0 Å². The molecule has 1 aromatic heterocycles. The predicted octanol–water partition coefficient (Wildman–Crippen LogP) is 2.24. The second-order valence-corrected chi connectivity index (χ2v) is 4.47. The number of nitrogens with two attached hydrogens (primary N) is 1. The van der Waals surface area contributed by atoms with Crippen molar-refractivity contribution in [3.8, 4) is 0 Å². The maximum Gasteiger partial charge on any atom is 0.117 e. The lowest BCUT2D eigenvalue weighted by atomic mass is 9.93. The summed E-state index contributed by atoms with van der Waals surface area (Å²) >= 11 is 0. The molecule has 0 aliphatic heterocycles. The highest BCUT2D eigenvalue weighted by Crippen LogP contribution is 2.16. The van der Waals surface area contributed by atoms with Gasteiger partial charge < -0.3 is 15.5 Å². The van der Waals surface area contributed by atoms with E-state index in [1.54, 1.807) is 6.26 Å². The van der Waals surface area contributed by atoms with Crippen LogP contribution in [0, 0.1) is 0 Å². The molecule has 0 fully saturated rings. The van der Waals surface area contributed by atoms with Crippen molar-refractivity contribution in [3.63, 3.8) is 0 Å². The van der Waals surface area contributed by atoms with Crippen LogP contribution in [0.2, 0.25) is 0 Å². The number of hydrogen-bond donors (Lipinski definition) is 2. The molecule has 0 aliphatic carbocycles. The largest absolute Gasteiger partial charge is 0.468 e. The Kier molecular flexibility index (Phi) is 3.61. The SMILES string of the molecule is CC(N)(CNCc1ccco1)c1ccccc1. The number of benzene rings is 1. The second-order valence-electron chi connectivity index (χ2n) is 4.47. The van der Waals surface area contributed by atoms with Gasteiger partial charge >= 0.3 is 0 Å². The number of nitrogens with one attached hydrogen (secondary N) is 1. The molecule has 0 bridgehead atoms. The molecule has 0 saturated carbocycles. The average molecular weight is 230 g/mol. The molecular weight excluding hydrogens is 212 g/mol. The smallest absolute Gasteiger partial charge is 0.117 e. The monoisotopic (exact) mass is 230 g/mol. The van der Waals surface area contributed by atoms with Crippen LogP contribution in [0.25, 0.3) is 0 Å². The highest BCUT2D eigenvalue weighted by molar-refractivity contribution is 5.23. The van der Waals surface area contributed by atoms with Gasteiger partial charge in [0.1, 0.15) is 5.76 Å². The molecule has 2 aromatic rings. The molecule has 0 amide bonds. The van der Waals surface area contributed by atoms with Crippen LogP contribution in [0.4, 0.5) is 0 Å². The fourth-order valence-electron chi connectivity index (χ4n) is 1.78. The van der Waals surface area contributed by atoms with Crippen molar-refractivity contribution in [1.82, 2.24) is 5.32 Å². The maximum atomic E-state index is 6.28. The van der Waals surface area contributed by atoms with Crippen LogP contribution in [0.15, 0.2) is 53.1 Å².